The van der Waals surface area contributed by atoms with Crippen molar-refractivity contribution in [1.82, 2.24) is 0 Å². The highest BCUT2D eigenvalue weighted by Gasteiger charge is 2.00. The summed E-state index contributed by atoms with van der Waals surface area (Å²) in [4.78, 5) is 0. The topological polar surface area (TPSA) is 20.2 Å². The largest absolute Gasteiger partial charge is 0.508 e. The van der Waals surface area contributed by atoms with Crippen molar-refractivity contribution in [3.63, 3.8) is 0 Å². The van der Waals surface area contributed by atoms with Gasteiger partial charge in [-0.25, -0.2) is 0 Å². The van der Waals surface area contributed by atoms with E-state index >= 15 is 0 Å². The summed E-state index contributed by atoms with van der Waals surface area (Å²) in [7, 11) is 0. The van der Waals surface area contributed by atoms with Crippen LogP contribution >= 0.6 is 0 Å². The quantitative estimate of drug-likeness (QED) is 0.532. The maximum absolute atomic E-state index is 9.20. The number of aliphatic hydroxyl groups is 1. The van der Waals surface area contributed by atoms with Gasteiger partial charge in [-0.2, -0.15) is 0 Å². The van der Waals surface area contributed by atoms with E-state index in [2.05, 4.69) is 13.2 Å². The van der Waals surface area contributed by atoms with Crippen LogP contribution in [0.4, 0.5) is 0 Å². The summed E-state index contributed by atoms with van der Waals surface area (Å²) in [5.41, 5.74) is 1.86. The number of rotatable bonds is 3. The fourth-order valence-corrected chi connectivity index (χ4v) is 1.14. The third kappa shape index (κ3) is 1.76. The Morgan fingerprint density at radius 1 is 1.42 bits per heavy atom. The summed E-state index contributed by atoms with van der Waals surface area (Å²) in [5.74, 6) is 0.118. The first-order chi connectivity index (χ1) is 5.75. The van der Waals surface area contributed by atoms with Crippen LogP contribution in [0, 0.1) is 0 Å². The standard InChI is InChI=1S/C11H12O/c1-3-6-10-7-4-5-8-11(10)9(2)12/h3-5,7-8,12H,1-2,6H2. The molecule has 1 aromatic rings. The Bertz CT molecular complexity index is 300. The molecule has 0 unspecified atom stereocenters. The lowest BCUT2D eigenvalue weighted by Crippen LogP contribution is -1.89. The molecule has 1 rings (SSSR count). The van der Waals surface area contributed by atoms with Crippen LogP contribution in [0.2, 0.25) is 0 Å². The SMILES string of the molecule is C=CCc1ccccc1C(=C)O. The minimum Gasteiger partial charge on any atom is -0.508 e. The van der Waals surface area contributed by atoms with E-state index in [1.165, 1.54) is 0 Å². The van der Waals surface area contributed by atoms with Crippen LogP contribution < -0.4 is 0 Å². The molecule has 1 N–H and O–H groups in total. The Balaban J connectivity index is 3.07. The highest BCUT2D eigenvalue weighted by Crippen LogP contribution is 2.15. The predicted molar refractivity (Wildman–Crippen MR) is 52.0 cm³/mol. The van der Waals surface area contributed by atoms with Crippen LogP contribution in [0.15, 0.2) is 43.5 Å². The molecule has 0 aliphatic rings. The Labute approximate surface area is 72.7 Å². The van der Waals surface area contributed by atoms with Gasteiger partial charge in [0.15, 0.2) is 0 Å². The molecule has 12 heavy (non-hydrogen) atoms. The lowest BCUT2D eigenvalue weighted by Gasteiger charge is -2.04. The molecule has 0 atom stereocenters. The molecule has 0 saturated carbocycles. The minimum absolute atomic E-state index is 0.118. The van der Waals surface area contributed by atoms with Crippen molar-refractivity contribution in [1.29, 1.82) is 0 Å². The van der Waals surface area contributed by atoms with E-state index in [1.807, 2.05) is 30.3 Å². The van der Waals surface area contributed by atoms with Gasteiger partial charge in [0.05, 0.1) is 0 Å². The predicted octanol–water partition coefficient (Wildman–Crippen LogP) is 2.94. The molecule has 1 nitrogen and oxygen atoms in total. The van der Waals surface area contributed by atoms with Gasteiger partial charge in [-0.05, 0) is 12.0 Å². The molecule has 0 radical (unpaired) electrons. The smallest absolute Gasteiger partial charge is 0.115 e. The average molecular weight is 160 g/mol. The first-order valence-electron chi connectivity index (χ1n) is 3.82. The van der Waals surface area contributed by atoms with Gasteiger partial charge < -0.3 is 5.11 Å². The van der Waals surface area contributed by atoms with E-state index < -0.39 is 0 Å². The maximum Gasteiger partial charge on any atom is 0.115 e. The second-order valence-corrected chi connectivity index (χ2v) is 2.60. The summed E-state index contributed by atoms with van der Waals surface area (Å²) in [6.07, 6.45) is 2.57. The molecule has 0 spiro atoms. The molecule has 0 fully saturated rings. The average Bonchev–Trinajstić information content (AvgIpc) is 2.05. The van der Waals surface area contributed by atoms with Crippen LogP contribution in [0.25, 0.3) is 5.76 Å². The lowest BCUT2D eigenvalue weighted by atomic mass is 10.0. The fourth-order valence-electron chi connectivity index (χ4n) is 1.14. The minimum atomic E-state index is 0.118. The van der Waals surface area contributed by atoms with Gasteiger partial charge in [0, 0.05) is 5.56 Å². The summed E-state index contributed by atoms with van der Waals surface area (Å²) in [6.45, 7) is 7.13. The number of benzene rings is 1. The van der Waals surface area contributed by atoms with E-state index in [0.717, 1.165) is 17.5 Å². The van der Waals surface area contributed by atoms with E-state index in [1.54, 1.807) is 0 Å². The van der Waals surface area contributed by atoms with Gasteiger partial charge in [-0.1, -0.05) is 36.9 Å². The van der Waals surface area contributed by atoms with Gasteiger partial charge in [0.1, 0.15) is 5.76 Å². The second-order valence-electron chi connectivity index (χ2n) is 2.60. The Hall–Kier alpha value is -1.50. The zero-order chi connectivity index (χ0) is 8.97. The first kappa shape index (κ1) is 8.60. The summed E-state index contributed by atoms with van der Waals surface area (Å²) < 4.78 is 0. The molecule has 0 amide bonds. The van der Waals surface area contributed by atoms with Gasteiger partial charge in [0.25, 0.3) is 0 Å². The summed E-state index contributed by atoms with van der Waals surface area (Å²) >= 11 is 0. The van der Waals surface area contributed by atoms with Crippen molar-refractivity contribution >= 4 is 5.76 Å². The van der Waals surface area contributed by atoms with Crippen molar-refractivity contribution in [2.75, 3.05) is 0 Å². The molecule has 0 aliphatic heterocycles. The van der Waals surface area contributed by atoms with Gasteiger partial charge >= 0.3 is 0 Å². The van der Waals surface area contributed by atoms with Gasteiger partial charge in [-0.15, -0.1) is 6.58 Å². The molecule has 0 aliphatic carbocycles. The number of allylic oxidation sites excluding steroid dienone is 1. The van der Waals surface area contributed by atoms with Crippen LogP contribution in [0.1, 0.15) is 11.1 Å². The number of hydrogen-bond donors (Lipinski definition) is 1. The third-order valence-electron chi connectivity index (χ3n) is 1.69. The van der Waals surface area contributed by atoms with Crippen molar-refractivity contribution in [2.45, 2.75) is 6.42 Å². The third-order valence-corrected chi connectivity index (χ3v) is 1.69. The van der Waals surface area contributed by atoms with Crippen LogP contribution in [0.5, 0.6) is 0 Å². The van der Waals surface area contributed by atoms with E-state index in [-0.39, 0.29) is 5.76 Å². The highest BCUT2D eigenvalue weighted by molar-refractivity contribution is 5.59. The van der Waals surface area contributed by atoms with Crippen LogP contribution in [-0.4, -0.2) is 5.11 Å². The van der Waals surface area contributed by atoms with E-state index in [0.29, 0.717) is 0 Å². The van der Waals surface area contributed by atoms with Crippen LogP contribution in [-0.2, 0) is 6.42 Å². The Morgan fingerprint density at radius 2 is 2.08 bits per heavy atom. The van der Waals surface area contributed by atoms with Crippen molar-refractivity contribution in [2.24, 2.45) is 0 Å². The highest BCUT2D eigenvalue weighted by atomic mass is 16.3. The molecular formula is C11H12O. The monoisotopic (exact) mass is 160 g/mol. The van der Waals surface area contributed by atoms with Gasteiger partial charge in [-0.3, -0.25) is 0 Å². The lowest BCUT2D eigenvalue weighted by molar-refractivity contribution is 0.513. The molecular weight excluding hydrogens is 148 g/mol. The normalized spacial score (nSPS) is 9.33. The molecule has 0 heterocycles. The molecule has 1 aromatic carbocycles. The molecule has 0 bridgehead atoms. The summed E-state index contributed by atoms with van der Waals surface area (Å²) in [6, 6.07) is 7.62. The second kappa shape index (κ2) is 3.77. The summed E-state index contributed by atoms with van der Waals surface area (Å²) in [5, 5.41) is 9.20. The molecule has 1 heteroatoms. The fraction of sp³-hybridized carbons (Fsp3) is 0.0909. The Morgan fingerprint density at radius 3 is 2.67 bits per heavy atom. The van der Waals surface area contributed by atoms with Crippen LogP contribution in [0.3, 0.4) is 0 Å². The molecule has 0 saturated heterocycles. The van der Waals surface area contributed by atoms with Crippen molar-refractivity contribution in [3.8, 4) is 0 Å². The van der Waals surface area contributed by atoms with E-state index in [9.17, 15) is 5.11 Å². The zero-order valence-electron chi connectivity index (χ0n) is 6.96. The Kier molecular flexibility index (Phi) is 2.70. The molecule has 0 aromatic heterocycles. The van der Waals surface area contributed by atoms with Crippen molar-refractivity contribution < 1.29 is 5.11 Å². The number of aliphatic hydroxyl groups excluding tert-OH is 1. The first-order valence-corrected chi connectivity index (χ1v) is 3.82. The molecule has 62 valence electrons. The zero-order valence-corrected chi connectivity index (χ0v) is 6.96. The number of hydrogen-bond acceptors (Lipinski definition) is 1. The van der Waals surface area contributed by atoms with Gasteiger partial charge in [0.2, 0.25) is 0 Å². The maximum atomic E-state index is 9.20. The van der Waals surface area contributed by atoms with Crippen molar-refractivity contribution in [3.05, 3.63) is 54.6 Å². The van der Waals surface area contributed by atoms with E-state index in [4.69, 9.17) is 0 Å².